The zero-order chi connectivity index (χ0) is 14.9. The van der Waals surface area contributed by atoms with Gasteiger partial charge in [0.05, 0.1) is 17.3 Å². The van der Waals surface area contributed by atoms with Gasteiger partial charge in [0.25, 0.3) is 0 Å². The summed E-state index contributed by atoms with van der Waals surface area (Å²) in [6.07, 6.45) is -4.48. The third-order valence-electron chi connectivity index (χ3n) is 2.85. The molecule has 0 saturated heterocycles. The normalized spacial score (nSPS) is 13.3. The van der Waals surface area contributed by atoms with Gasteiger partial charge in [-0.15, -0.1) is 11.3 Å². The first-order chi connectivity index (χ1) is 9.27. The van der Waals surface area contributed by atoms with E-state index in [2.05, 4.69) is 5.32 Å². The molecule has 0 amide bonds. The number of aryl methyl sites for hydroxylation is 1. The first kappa shape index (κ1) is 14.8. The van der Waals surface area contributed by atoms with Gasteiger partial charge < -0.3 is 5.32 Å². The van der Waals surface area contributed by atoms with E-state index in [1.807, 2.05) is 19.1 Å². The van der Waals surface area contributed by atoms with E-state index < -0.39 is 17.6 Å². The highest BCUT2D eigenvalue weighted by Crippen LogP contribution is 2.33. The van der Waals surface area contributed by atoms with Gasteiger partial charge in [-0.2, -0.15) is 13.2 Å². The number of hydrogen-bond acceptors (Lipinski definition) is 2. The van der Waals surface area contributed by atoms with E-state index in [9.17, 15) is 17.6 Å². The Morgan fingerprint density at radius 1 is 1.15 bits per heavy atom. The van der Waals surface area contributed by atoms with Crippen molar-refractivity contribution in [2.75, 3.05) is 5.32 Å². The summed E-state index contributed by atoms with van der Waals surface area (Å²) in [6, 6.07) is 5.90. The van der Waals surface area contributed by atoms with E-state index >= 15 is 0 Å². The summed E-state index contributed by atoms with van der Waals surface area (Å²) in [5.41, 5.74) is -1.01. The molecule has 0 spiro atoms. The first-order valence-electron chi connectivity index (χ1n) is 5.97. The average molecular weight is 303 g/mol. The summed E-state index contributed by atoms with van der Waals surface area (Å²) >= 11 is 1.52. The number of thiophene rings is 1. The molecule has 0 aliphatic heterocycles. The largest absolute Gasteiger partial charge is 0.416 e. The van der Waals surface area contributed by atoms with Crippen LogP contribution in [0.3, 0.4) is 0 Å². The van der Waals surface area contributed by atoms with Gasteiger partial charge in [-0.25, -0.2) is 4.39 Å². The van der Waals surface area contributed by atoms with Crippen molar-refractivity contribution in [2.24, 2.45) is 0 Å². The highest BCUT2D eigenvalue weighted by Gasteiger charge is 2.31. The molecule has 1 unspecified atom stereocenters. The Kier molecular flexibility index (Phi) is 4.04. The maximum Gasteiger partial charge on any atom is 0.416 e. The van der Waals surface area contributed by atoms with Crippen LogP contribution >= 0.6 is 11.3 Å². The molecule has 108 valence electrons. The Bertz CT molecular complexity index is 603. The molecule has 0 aliphatic carbocycles. The molecule has 0 radical (unpaired) electrons. The molecule has 1 aromatic carbocycles. The van der Waals surface area contributed by atoms with E-state index in [1.54, 1.807) is 6.92 Å². The molecule has 1 atom stereocenters. The van der Waals surface area contributed by atoms with Crippen molar-refractivity contribution < 1.29 is 17.6 Å². The van der Waals surface area contributed by atoms with Crippen molar-refractivity contribution >= 4 is 17.0 Å². The fraction of sp³-hybridized carbons (Fsp3) is 0.286. The Hall–Kier alpha value is -1.56. The van der Waals surface area contributed by atoms with Crippen LogP contribution in [0.1, 0.15) is 28.3 Å². The lowest BCUT2D eigenvalue weighted by atomic mass is 10.1. The van der Waals surface area contributed by atoms with E-state index in [0.717, 1.165) is 28.0 Å². The molecule has 1 aromatic heterocycles. The number of nitrogens with one attached hydrogen (secondary N) is 1. The lowest BCUT2D eigenvalue weighted by Gasteiger charge is -2.16. The molecular formula is C14H13F4NS. The molecule has 20 heavy (non-hydrogen) atoms. The highest BCUT2D eigenvalue weighted by molar-refractivity contribution is 7.12. The standard InChI is InChI=1S/C14H13F4NS/c1-8-3-6-13(20-8)9(2)19-12-7-10(14(16,17)18)4-5-11(12)15/h3-7,9,19H,1-2H3. The summed E-state index contributed by atoms with van der Waals surface area (Å²) in [4.78, 5) is 2.04. The number of benzene rings is 1. The summed E-state index contributed by atoms with van der Waals surface area (Å²) in [5.74, 6) is -0.696. The van der Waals surface area contributed by atoms with Crippen LogP contribution < -0.4 is 5.32 Å². The van der Waals surface area contributed by atoms with Crippen LogP contribution in [-0.4, -0.2) is 0 Å². The maximum atomic E-state index is 13.6. The zero-order valence-corrected chi connectivity index (χ0v) is 11.7. The second-order valence-corrected chi connectivity index (χ2v) is 5.83. The molecule has 0 fully saturated rings. The van der Waals surface area contributed by atoms with Crippen LogP contribution in [0.15, 0.2) is 30.3 Å². The summed E-state index contributed by atoms with van der Waals surface area (Å²) in [5, 5.41) is 2.79. The van der Waals surface area contributed by atoms with Crippen molar-refractivity contribution in [1.29, 1.82) is 0 Å². The number of hydrogen-bond donors (Lipinski definition) is 1. The van der Waals surface area contributed by atoms with Crippen molar-refractivity contribution in [3.05, 3.63) is 51.5 Å². The summed E-state index contributed by atoms with van der Waals surface area (Å²) in [6.45, 7) is 3.72. The predicted molar refractivity (Wildman–Crippen MR) is 72.5 cm³/mol. The van der Waals surface area contributed by atoms with Crippen molar-refractivity contribution in [3.8, 4) is 0 Å². The third kappa shape index (κ3) is 3.30. The third-order valence-corrected chi connectivity index (χ3v) is 4.04. The lowest BCUT2D eigenvalue weighted by Crippen LogP contribution is -2.10. The Labute approximate surface area is 118 Å². The van der Waals surface area contributed by atoms with Gasteiger partial charge in [-0.1, -0.05) is 0 Å². The van der Waals surface area contributed by atoms with Crippen LogP contribution in [0.4, 0.5) is 23.2 Å². The zero-order valence-electron chi connectivity index (χ0n) is 10.9. The predicted octanol–water partition coefficient (Wildman–Crippen LogP) is 5.39. The summed E-state index contributed by atoms with van der Waals surface area (Å²) in [7, 11) is 0. The topological polar surface area (TPSA) is 12.0 Å². The Morgan fingerprint density at radius 2 is 1.85 bits per heavy atom. The summed E-state index contributed by atoms with van der Waals surface area (Å²) < 4.78 is 51.5. The minimum absolute atomic E-state index is 0.140. The van der Waals surface area contributed by atoms with E-state index in [0.29, 0.717) is 0 Å². The average Bonchev–Trinajstić information content (AvgIpc) is 2.77. The molecule has 0 bridgehead atoms. The smallest absolute Gasteiger partial charge is 0.375 e. The number of halogens is 4. The van der Waals surface area contributed by atoms with E-state index in [-0.39, 0.29) is 11.7 Å². The first-order valence-corrected chi connectivity index (χ1v) is 6.78. The molecule has 0 saturated carbocycles. The number of alkyl halides is 3. The number of rotatable bonds is 3. The van der Waals surface area contributed by atoms with Crippen LogP contribution in [0.5, 0.6) is 0 Å². The second-order valence-electron chi connectivity index (χ2n) is 4.51. The van der Waals surface area contributed by atoms with Crippen molar-refractivity contribution in [3.63, 3.8) is 0 Å². The van der Waals surface area contributed by atoms with Gasteiger partial charge in [0.2, 0.25) is 0 Å². The molecule has 2 aromatic rings. The van der Waals surface area contributed by atoms with Gasteiger partial charge in [-0.05, 0) is 44.2 Å². The Morgan fingerprint density at radius 3 is 2.40 bits per heavy atom. The molecule has 1 N–H and O–H groups in total. The van der Waals surface area contributed by atoms with Crippen LogP contribution in [-0.2, 0) is 6.18 Å². The fourth-order valence-electron chi connectivity index (χ4n) is 1.80. The van der Waals surface area contributed by atoms with Gasteiger partial charge in [0, 0.05) is 9.75 Å². The minimum atomic E-state index is -4.48. The quantitative estimate of drug-likeness (QED) is 0.750. The Balaban J connectivity index is 2.24. The second kappa shape index (κ2) is 5.44. The molecule has 2 rings (SSSR count). The van der Waals surface area contributed by atoms with Crippen LogP contribution in [0.2, 0.25) is 0 Å². The highest BCUT2D eigenvalue weighted by atomic mass is 32.1. The van der Waals surface area contributed by atoms with E-state index in [4.69, 9.17) is 0 Å². The van der Waals surface area contributed by atoms with Crippen molar-refractivity contribution in [2.45, 2.75) is 26.1 Å². The van der Waals surface area contributed by atoms with Gasteiger partial charge in [-0.3, -0.25) is 0 Å². The minimum Gasteiger partial charge on any atom is -0.375 e. The van der Waals surface area contributed by atoms with Gasteiger partial charge in [0.1, 0.15) is 5.82 Å². The fourth-order valence-corrected chi connectivity index (χ4v) is 2.68. The molecule has 0 aliphatic rings. The molecule has 1 nitrogen and oxygen atoms in total. The molecular weight excluding hydrogens is 290 g/mol. The van der Waals surface area contributed by atoms with Crippen LogP contribution in [0.25, 0.3) is 0 Å². The monoisotopic (exact) mass is 303 g/mol. The molecule has 6 heteroatoms. The molecule has 1 heterocycles. The SMILES string of the molecule is Cc1ccc(C(C)Nc2cc(C(F)(F)F)ccc2F)s1. The lowest BCUT2D eigenvalue weighted by molar-refractivity contribution is -0.137. The van der Waals surface area contributed by atoms with Gasteiger partial charge >= 0.3 is 6.18 Å². The van der Waals surface area contributed by atoms with Gasteiger partial charge in [0.15, 0.2) is 0 Å². The van der Waals surface area contributed by atoms with Crippen LogP contribution in [0, 0.1) is 12.7 Å². The van der Waals surface area contributed by atoms with Crippen molar-refractivity contribution in [1.82, 2.24) is 0 Å². The van der Waals surface area contributed by atoms with E-state index in [1.165, 1.54) is 11.3 Å². The maximum absolute atomic E-state index is 13.6. The number of anilines is 1.